The van der Waals surface area contributed by atoms with Crippen molar-refractivity contribution < 1.29 is 17.6 Å². The molecule has 174 valence electrons. The fourth-order valence-corrected chi connectivity index (χ4v) is 4.94. The number of amides is 1. The second-order valence-electron chi connectivity index (χ2n) is 7.56. The Hall–Kier alpha value is -3.98. The molecular weight excluding hydrogens is 455 g/mol. The van der Waals surface area contributed by atoms with E-state index in [1.165, 1.54) is 30.3 Å². The van der Waals surface area contributed by atoms with Crippen LogP contribution in [-0.4, -0.2) is 30.4 Å². The van der Waals surface area contributed by atoms with E-state index in [4.69, 9.17) is 0 Å². The van der Waals surface area contributed by atoms with Crippen LogP contribution in [0.2, 0.25) is 0 Å². The molecule has 0 unspecified atom stereocenters. The number of aryl methyl sites for hydroxylation is 1. The highest BCUT2D eigenvalue weighted by molar-refractivity contribution is 7.92. The number of hydrogen-bond donors (Lipinski definition) is 1. The minimum atomic E-state index is -4.17. The Morgan fingerprint density at radius 2 is 1.68 bits per heavy atom. The largest absolute Gasteiger partial charge is 0.350 e. The van der Waals surface area contributed by atoms with E-state index >= 15 is 0 Å². The van der Waals surface area contributed by atoms with Gasteiger partial charge >= 0.3 is 0 Å². The third-order valence-electron chi connectivity index (χ3n) is 5.27. The molecule has 1 N–H and O–H groups in total. The van der Waals surface area contributed by atoms with Crippen molar-refractivity contribution in [3.8, 4) is 5.69 Å². The fourth-order valence-electron chi connectivity index (χ4n) is 3.49. The maximum atomic E-state index is 14.5. The van der Waals surface area contributed by atoms with Crippen LogP contribution in [-0.2, 0) is 21.4 Å². The van der Waals surface area contributed by atoms with Crippen LogP contribution in [0, 0.1) is 12.7 Å². The molecule has 0 bridgehead atoms. The van der Waals surface area contributed by atoms with Gasteiger partial charge in [-0.05, 0) is 48.9 Å². The van der Waals surface area contributed by atoms with E-state index in [0.717, 1.165) is 27.4 Å². The second-order valence-corrected chi connectivity index (χ2v) is 9.43. The standard InChI is InChI=1S/C25H23FN4O3S/c1-19-27-15-16-29(19)21-13-11-20(12-14-21)17-28-25(31)18-30(24-10-6-5-9-23(24)26)34(32,33)22-7-3-2-4-8-22/h2-16H,17-18H2,1H3,(H,28,31). The van der Waals surface area contributed by atoms with Crippen LogP contribution < -0.4 is 9.62 Å². The highest BCUT2D eigenvalue weighted by atomic mass is 32.2. The van der Waals surface area contributed by atoms with Gasteiger partial charge in [0.05, 0.1) is 10.6 Å². The number of halogens is 1. The number of hydrogen-bond acceptors (Lipinski definition) is 4. The maximum Gasteiger partial charge on any atom is 0.264 e. The molecule has 0 spiro atoms. The first kappa shape index (κ1) is 23.2. The number of nitrogens with zero attached hydrogens (tertiary/aromatic N) is 3. The lowest BCUT2D eigenvalue weighted by Crippen LogP contribution is -2.41. The molecule has 1 amide bonds. The first-order valence-electron chi connectivity index (χ1n) is 10.5. The zero-order valence-electron chi connectivity index (χ0n) is 18.4. The van der Waals surface area contributed by atoms with Gasteiger partial charge in [-0.25, -0.2) is 17.8 Å². The van der Waals surface area contributed by atoms with E-state index < -0.39 is 28.3 Å². The molecule has 0 aliphatic heterocycles. The Morgan fingerprint density at radius 1 is 1.00 bits per heavy atom. The van der Waals surface area contributed by atoms with Gasteiger partial charge in [-0.15, -0.1) is 0 Å². The van der Waals surface area contributed by atoms with Gasteiger partial charge in [-0.2, -0.15) is 0 Å². The first-order chi connectivity index (χ1) is 16.4. The SMILES string of the molecule is Cc1nccn1-c1ccc(CNC(=O)CN(c2ccccc2F)S(=O)(=O)c2ccccc2)cc1. The summed E-state index contributed by atoms with van der Waals surface area (Å²) in [6.45, 7) is 1.53. The Labute approximate surface area is 197 Å². The summed E-state index contributed by atoms with van der Waals surface area (Å²) in [5.41, 5.74) is 1.57. The van der Waals surface area contributed by atoms with E-state index in [-0.39, 0.29) is 17.1 Å². The van der Waals surface area contributed by atoms with Crippen LogP contribution in [0.3, 0.4) is 0 Å². The van der Waals surface area contributed by atoms with Crippen LogP contribution in [0.1, 0.15) is 11.4 Å². The number of rotatable bonds is 8. The minimum absolute atomic E-state index is 0.0311. The molecule has 1 aromatic heterocycles. The predicted octanol–water partition coefficient (Wildman–Crippen LogP) is 3.83. The zero-order valence-corrected chi connectivity index (χ0v) is 19.2. The molecule has 0 aliphatic rings. The molecule has 34 heavy (non-hydrogen) atoms. The first-order valence-corrected chi connectivity index (χ1v) is 12.0. The Bertz CT molecular complexity index is 1390. The smallest absolute Gasteiger partial charge is 0.264 e. The summed E-state index contributed by atoms with van der Waals surface area (Å²) in [6, 6.07) is 20.6. The average Bonchev–Trinajstić information content (AvgIpc) is 3.28. The number of carbonyl (C=O) groups is 1. The second kappa shape index (κ2) is 9.88. The van der Waals surface area contributed by atoms with Gasteiger partial charge < -0.3 is 9.88 Å². The molecule has 0 fully saturated rings. The molecule has 0 aliphatic carbocycles. The monoisotopic (exact) mass is 478 g/mol. The Morgan fingerprint density at radius 3 is 2.32 bits per heavy atom. The van der Waals surface area contributed by atoms with Crippen LogP contribution in [0.4, 0.5) is 10.1 Å². The summed E-state index contributed by atoms with van der Waals surface area (Å²) >= 11 is 0. The molecule has 9 heteroatoms. The lowest BCUT2D eigenvalue weighted by molar-refractivity contribution is -0.119. The number of aromatic nitrogens is 2. The van der Waals surface area contributed by atoms with Gasteiger partial charge in [0.15, 0.2) is 0 Å². The maximum absolute atomic E-state index is 14.5. The highest BCUT2D eigenvalue weighted by Crippen LogP contribution is 2.26. The summed E-state index contributed by atoms with van der Waals surface area (Å²) in [6.07, 6.45) is 3.57. The summed E-state index contributed by atoms with van der Waals surface area (Å²) < 4.78 is 43.7. The van der Waals surface area contributed by atoms with Crippen molar-refractivity contribution in [2.45, 2.75) is 18.4 Å². The van der Waals surface area contributed by atoms with Gasteiger partial charge in [0.2, 0.25) is 5.91 Å². The van der Waals surface area contributed by atoms with Crippen LogP contribution >= 0.6 is 0 Å². The van der Waals surface area contributed by atoms with Gasteiger partial charge in [0.1, 0.15) is 18.2 Å². The van der Waals surface area contributed by atoms with E-state index in [1.807, 2.05) is 42.0 Å². The van der Waals surface area contributed by atoms with Crippen LogP contribution in [0.25, 0.3) is 5.69 Å². The molecule has 0 radical (unpaired) electrons. The van der Waals surface area contributed by atoms with Crippen molar-refractivity contribution in [1.29, 1.82) is 0 Å². The summed E-state index contributed by atoms with van der Waals surface area (Å²) in [4.78, 5) is 16.9. The summed E-state index contributed by atoms with van der Waals surface area (Å²) in [5.74, 6) is -0.439. The lowest BCUT2D eigenvalue weighted by atomic mass is 10.2. The molecule has 0 atom stereocenters. The number of anilines is 1. The molecule has 4 rings (SSSR count). The van der Waals surface area contributed by atoms with Crippen molar-refractivity contribution >= 4 is 21.6 Å². The van der Waals surface area contributed by atoms with Gasteiger partial charge in [-0.3, -0.25) is 9.10 Å². The number of imidazole rings is 1. The highest BCUT2D eigenvalue weighted by Gasteiger charge is 2.28. The van der Waals surface area contributed by atoms with Crippen LogP contribution in [0.5, 0.6) is 0 Å². The Kier molecular flexibility index (Phi) is 6.74. The topological polar surface area (TPSA) is 84.3 Å². The van der Waals surface area contributed by atoms with Crippen molar-refractivity contribution in [2.75, 3.05) is 10.8 Å². The summed E-state index contributed by atoms with van der Waals surface area (Å²) in [7, 11) is -4.17. The van der Waals surface area contributed by atoms with E-state index in [0.29, 0.717) is 0 Å². The molecule has 3 aromatic carbocycles. The number of benzene rings is 3. The Balaban J connectivity index is 1.50. The molecule has 0 saturated carbocycles. The van der Waals surface area contributed by atoms with Crippen molar-refractivity contribution in [1.82, 2.24) is 14.9 Å². The quantitative estimate of drug-likeness (QED) is 0.417. The normalized spacial score (nSPS) is 11.2. The van der Waals surface area contributed by atoms with Crippen molar-refractivity contribution in [2.24, 2.45) is 0 Å². The third-order valence-corrected chi connectivity index (χ3v) is 7.04. The van der Waals surface area contributed by atoms with Gasteiger partial charge in [0.25, 0.3) is 10.0 Å². The van der Waals surface area contributed by atoms with Crippen LogP contribution in [0.15, 0.2) is 96.2 Å². The zero-order chi connectivity index (χ0) is 24.1. The number of carbonyl (C=O) groups excluding carboxylic acids is 1. The number of nitrogens with one attached hydrogen (secondary N) is 1. The number of para-hydroxylation sites is 1. The molecule has 4 aromatic rings. The average molecular weight is 479 g/mol. The van der Waals surface area contributed by atoms with E-state index in [9.17, 15) is 17.6 Å². The predicted molar refractivity (Wildman–Crippen MR) is 128 cm³/mol. The number of sulfonamides is 1. The molecular formula is C25H23FN4O3S. The van der Waals surface area contributed by atoms with E-state index in [1.54, 1.807) is 24.4 Å². The van der Waals surface area contributed by atoms with E-state index in [2.05, 4.69) is 10.3 Å². The molecule has 7 nitrogen and oxygen atoms in total. The molecule has 1 heterocycles. The fraction of sp³-hybridized carbons (Fsp3) is 0.120. The van der Waals surface area contributed by atoms with Gasteiger partial charge in [0, 0.05) is 24.6 Å². The minimum Gasteiger partial charge on any atom is -0.350 e. The molecule has 0 saturated heterocycles. The lowest BCUT2D eigenvalue weighted by Gasteiger charge is -2.24. The summed E-state index contributed by atoms with van der Waals surface area (Å²) in [5, 5.41) is 2.72. The third kappa shape index (κ3) is 4.99. The van der Waals surface area contributed by atoms with Crippen molar-refractivity contribution in [3.05, 3.63) is 108 Å². The van der Waals surface area contributed by atoms with Gasteiger partial charge in [-0.1, -0.05) is 42.5 Å². The van der Waals surface area contributed by atoms with Crippen molar-refractivity contribution in [3.63, 3.8) is 0 Å².